The van der Waals surface area contributed by atoms with Crippen LogP contribution in [0.3, 0.4) is 0 Å². The van der Waals surface area contributed by atoms with Crippen molar-refractivity contribution in [3.05, 3.63) is 34.4 Å². The van der Waals surface area contributed by atoms with Crippen molar-refractivity contribution >= 4 is 16.7 Å². The SMILES string of the molecule is CC(=O)c1ccc2cn[nH]c(=O)c2n1. The highest BCUT2D eigenvalue weighted by atomic mass is 16.1. The third-order valence-electron chi connectivity index (χ3n) is 1.87. The quantitative estimate of drug-likeness (QED) is 0.663. The summed E-state index contributed by atoms with van der Waals surface area (Å²) >= 11 is 0. The molecular weight excluding hydrogens is 182 g/mol. The molecule has 0 amide bonds. The number of hydrogen-bond donors (Lipinski definition) is 1. The van der Waals surface area contributed by atoms with Gasteiger partial charge in [-0.25, -0.2) is 10.1 Å². The zero-order valence-corrected chi connectivity index (χ0v) is 7.44. The lowest BCUT2D eigenvalue weighted by molar-refractivity contribution is 0.101. The molecule has 0 spiro atoms. The summed E-state index contributed by atoms with van der Waals surface area (Å²) in [6.45, 7) is 1.41. The highest BCUT2D eigenvalue weighted by molar-refractivity contribution is 5.94. The minimum Gasteiger partial charge on any atom is -0.293 e. The lowest BCUT2D eigenvalue weighted by Gasteiger charge is -1.97. The van der Waals surface area contributed by atoms with Crippen molar-refractivity contribution in [2.45, 2.75) is 6.92 Å². The first-order valence-corrected chi connectivity index (χ1v) is 4.04. The molecule has 0 aliphatic heterocycles. The lowest BCUT2D eigenvalue weighted by Crippen LogP contribution is -2.10. The zero-order valence-electron chi connectivity index (χ0n) is 7.44. The van der Waals surface area contributed by atoms with E-state index in [0.717, 1.165) is 0 Å². The van der Waals surface area contributed by atoms with Crippen LogP contribution in [-0.4, -0.2) is 21.0 Å². The number of rotatable bonds is 1. The van der Waals surface area contributed by atoms with Gasteiger partial charge in [-0.2, -0.15) is 5.10 Å². The van der Waals surface area contributed by atoms with Crippen molar-refractivity contribution in [3.8, 4) is 0 Å². The largest absolute Gasteiger partial charge is 0.293 e. The van der Waals surface area contributed by atoms with Gasteiger partial charge in [0.15, 0.2) is 5.78 Å². The molecule has 0 saturated heterocycles. The Balaban J connectivity index is 2.83. The second-order valence-corrected chi connectivity index (χ2v) is 2.89. The molecule has 2 heterocycles. The number of hydrogen-bond acceptors (Lipinski definition) is 4. The molecule has 2 rings (SSSR count). The molecule has 5 nitrogen and oxygen atoms in total. The number of carbonyl (C=O) groups excluding carboxylic acids is 1. The number of carbonyl (C=O) groups is 1. The maximum absolute atomic E-state index is 11.3. The molecular formula is C9H7N3O2. The van der Waals surface area contributed by atoms with Gasteiger partial charge in [0.25, 0.3) is 5.56 Å². The Hall–Kier alpha value is -2.04. The monoisotopic (exact) mass is 189 g/mol. The Morgan fingerprint density at radius 2 is 2.21 bits per heavy atom. The molecule has 0 fully saturated rings. The highest BCUT2D eigenvalue weighted by Gasteiger charge is 2.04. The van der Waals surface area contributed by atoms with Crippen LogP contribution in [-0.2, 0) is 0 Å². The third kappa shape index (κ3) is 1.28. The molecule has 70 valence electrons. The van der Waals surface area contributed by atoms with Crippen LogP contribution in [0.5, 0.6) is 0 Å². The summed E-state index contributed by atoms with van der Waals surface area (Å²) < 4.78 is 0. The topological polar surface area (TPSA) is 75.7 Å². The summed E-state index contributed by atoms with van der Waals surface area (Å²) in [6, 6.07) is 3.23. The van der Waals surface area contributed by atoms with E-state index in [-0.39, 0.29) is 22.6 Å². The van der Waals surface area contributed by atoms with Crippen LogP contribution < -0.4 is 5.56 Å². The van der Waals surface area contributed by atoms with Crippen LogP contribution in [0.25, 0.3) is 10.9 Å². The molecule has 0 aromatic carbocycles. The minimum absolute atomic E-state index is 0.164. The smallest absolute Gasteiger partial charge is 0.290 e. The molecule has 2 aromatic rings. The van der Waals surface area contributed by atoms with E-state index in [4.69, 9.17) is 0 Å². The Kier molecular flexibility index (Phi) is 1.85. The third-order valence-corrected chi connectivity index (χ3v) is 1.87. The minimum atomic E-state index is -0.384. The molecule has 2 aromatic heterocycles. The Bertz CT molecular complexity index is 559. The van der Waals surface area contributed by atoms with Crippen LogP contribution in [0, 0.1) is 0 Å². The molecule has 14 heavy (non-hydrogen) atoms. The van der Waals surface area contributed by atoms with E-state index < -0.39 is 0 Å². The Morgan fingerprint density at radius 1 is 1.43 bits per heavy atom. The van der Waals surface area contributed by atoms with Crippen molar-refractivity contribution in [2.75, 3.05) is 0 Å². The van der Waals surface area contributed by atoms with Crippen LogP contribution in [0.1, 0.15) is 17.4 Å². The number of aromatic amines is 1. The van der Waals surface area contributed by atoms with E-state index >= 15 is 0 Å². The molecule has 5 heteroatoms. The van der Waals surface area contributed by atoms with Crippen LogP contribution in [0.15, 0.2) is 23.1 Å². The summed E-state index contributed by atoms with van der Waals surface area (Å²) in [4.78, 5) is 26.2. The van der Waals surface area contributed by atoms with Crippen molar-refractivity contribution in [2.24, 2.45) is 0 Å². The number of H-pyrrole nitrogens is 1. The number of pyridine rings is 1. The Labute approximate surface area is 78.8 Å². The summed E-state index contributed by atoms with van der Waals surface area (Å²) in [5.74, 6) is -0.164. The molecule has 0 atom stereocenters. The van der Waals surface area contributed by atoms with Gasteiger partial charge in [0, 0.05) is 12.3 Å². The first kappa shape index (κ1) is 8.55. The highest BCUT2D eigenvalue weighted by Crippen LogP contribution is 2.06. The summed E-state index contributed by atoms with van der Waals surface area (Å²) in [6.07, 6.45) is 1.49. The lowest BCUT2D eigenvalue weighted by atomic mass is 10.2. The number of Topliss-reactive ketones (excluding diaryl/α,β-unsaturated/α-hetero) is 1. The number of ketones is 1. The van der Waals surface area contributed by atoms with E-state index in [1.807, 2.05) is 0 Å². The fourth-order valence-electron chi connectivity index (χ4n) is 1.17. The average molecular weight is 189 g/mol. The number of nitrogens with zero attached hydrogens (tertiary/aromatic N) is 2. The predicted octanol–water partition coefficient (Wildman–Crippen LogP) is 0.521. The van der Waals surface area contributed by atoms with E-state index in [1.54, 1.807) is 12.1 Å². The molecule has 1 N–H and O–H groups in total. The molecule has 0 aliphatic carbocycles. The molecule has 0 unspecified atom stereocenters. The van der Waals surface area contributed by atoms with Crippen LogP contribution in [0.2, 0.25) is 0 Å². The number of fused-ring (bicyclic) bond motifs is 1. The van der Waals surface area contributed by atoms with Gasteiger partial charge in [-0.3, -0.25) is 9.59 Å². The molecule has 0 radical (unpaired) electrons. The summed E-state index contributed by atoms with van der Waals surface area (Å²) in [7, 11) is 0. The second-order valence-electron chi connectivity index (χ2n) is 2.89. The molecule has 0 aliphatic rings. The summed E-state index contributed by atoms with van der Waals surface area (Å²) in [5, 5.41) is 6.51. The fourth-order valence-corrected chi connectivity index (χ4v) is 1.17. The molecule has 0 bridgehead atoms. The van der Waals surface area contributed by atoms with Gasteiger partial charge in [-0.1, -0.05) is 0 Å². The number of nitrogens with one attached hydrogen (secondary N) is 1. The maximum atomic E-state index is 11.3. The van der Waals surface area contributed by atoms with Crippen LogP contribution in [0.4, 0.5) is 0 Å². The van der Waals surface area contributed by atoms with Gasteiger partial charge in [0.2, 0.25) is 0 Å². The first-order chi connectivity index (χ1) is 6.68. The van der Waals surface area contributed by atoms with E-state index in [1.165, 1.54) is 13.1 Å². The van der Waals surface area contributed by atoms with E-state index in [9.17, 15) is 9.59 Å². The Morgan fingerprint density at radius 3 is 2.93 bits per heavy atom. The van der Waals surface area contributed by atoms with Crippen molar-refractivity contribution in [1.29, 1.82) is 0 Å². The molecule has 0 saturated carbocycles. The second kappa shape index (κ2) is 3.02. The van der Waals surface area contributed by atoms with Gasteiger partial charge in [0.05, 0.1) is 6.20 Å². The van der Waals surface area contributed by atoms with Gasteiger partial charge in [-0.15, -0.1) is 0 Å². The van der Waals surface area contributed by atoms with Gasteiger partial charge in [-0.05, 0) is 12.1 Å². The summed E-state index contributed by atoms with van der Waals surface area (Å²) in [5.41, 5.74) is 0.146. The zero-order chi connectivity index (χ0) is 10.1. The normalized spacial score (nSPS) is 10.4. The van der Waals surface area contributed by atoms with Crippen LogP contribution >= 0.6 is 0 Å². The maximum Gasteiger partial charge on any atom is 0.290 e. The standard InChI is InChI=1S/C9H7N3O2/c1-5(13)7-3-2-6-4-10-12-9(14)8(6)11-7/h2-4H,1H3,(H,12,14). The number of aromatic nitrogens is 3. The predicted molar refractivity (Wildman–Crippen MR) is 50.2 cm³/mol. The van der Waals surface area contributed by atoms with E-state index in [0.29, 0.717) is 5.39 Å². The fraction of sp³-hybridized carbons (Fsp3) is 0.111. The van der Waals surface area contributed by atoms with Gasteiger partial charge >= 0.3 is 0 Å². The van der Waals surface area contributed by atoms with Crippen molar-refractivity contribution in [1.82, 2.24) is 15.2 Å². The van der Waals surface area contributed by atoms with E-state index in [2.05, 4.69) is 15.2 Å². The van der Waals surface area contributed by atoms with Gasteiger partial charge in [0.1, 0.15) is 11.2 Å². The average Bonchev–Trinajstić information content (AvgIpc) is 2.18. The first-order valence-electron chi connectivity index (χ1n) is 4.04. The van der Waals surface area contributed by atoms with Crippen molar-refractivity contribution < 1.29 is 4.79 Å². The van der Waals surface area contributed by atoms with Crippen molar-refractivity contribution in [3.63, 3.8) is 0 Å². The van der Waals surface area contributed by atoms with Gasteiger partial charge < -0.3 is 0 Å².